The summed E-state index contributed by atoms with van der Waals surface area (Å²) in [5, 5.41) is 2.40. The number of halogens is 1. The Balaban J connectivity index is 0.00000216. The van der Waals surface area contributed by atoms with E-state index in [-0.39, 0.29) is 35.4 Å². The first-order valence-electron chi connectivity index (χ1n) is 9.79. The lowest BCUT2D eigenvalue weighted by atomic mass is 9.94. The van der Waals surface area contributed by atoms with Crippen molar-refractivity contribution >= 4 is 52.6 Å². The molecule has 0 bridgehead atoms. The molecular weight excluding hydrogens is 430 g/mol. The molecule has 0 saturated carbocycles. The molecule has 1 atom stereocenters. The summed E-state index contributed by atoms with van der Waals surface area (Å²) in [4.78, 5) is 49.3. The predicted octanol–water partition coefficient (Wildman–Crippen LogP) is 2.53. The van der Waals surface area contributed by atoms with Gasteiger partial charge in [-0.05, 0) is 25.1 Å². The van der Waals surface area contributed by atoms with Crippen molar-refractivity contribution in [3.8, 4) is 0 Å². The van der Waals surface area contributed by atoms with Crippen LogP contribution in [0.15, 0.2) is 71.8 Å². The fourth-order valence-corrected chi connectivity index (χ4v) is 4.45. The number of hydrogen-bond acceptors (Lipinski definition) is 6. The van der Waals surface area contributed by atoms with Gasteiger partial charge in [0.1, 0.15) is 5.65 Å². The van der Waals surface area contributed by atoms with E-state index in [1.807, 2.05) is 36.1 Å². The quantitative estimate of drug-likeness (QED) is 0.611. The van der Waals surface area contributed by atoms with Gasteiger partial charge >= 0.3 is 0 Å². The van der Waals surface area contributed by atoms with Crippen LogP contribution >= 0.6 is 12.4 Å². The van der Waals surface area contributed by atoms with Crippen LogP contribution in [0.25, 0.3) is 11.2 Å². The fourth-order valence-electron chi connectivity index (χ4n) is 4.45. The topological polar surface area (TPSA) is 96.1 Å². The van der Waals surface area contributed by atoms with E-state index in [0.29, 0.717) is 33.9 Å². The fraction of sp³-hybridized carbons (Fsp3) is 0.0870. The summed E-state index contributed by atoms with van der Waals surface area (Å²) in [6.45, 7) is 1.83. The van der Waals surface area contributed by atoms with Crippen LogP contribution in [0.3, 0.4) is 0 Å². The molecule has 1 aromatic carbocycles. The Kier molecular flexibility index (Phi) is 4.35. The van der Waals surface area contributed by atoms with Crippen molar-refractivity contribution < 1.29 is 14.4 Å². The van der Waals surface area contributed by atoms with Crippen molar-refractivity contribution in [1.29, 1.82) is 0 Å². The number of aliphatic imine (C=N–C) groups is 1. The van der Waals surface area contributed by atoms with E-state index >= 15 is 0 Å². The van der Waals surface area contributed by atoms with Gasteiger partial charge in [0, 0.05) is 29.7 Å². The smallest absolute Gasteiger partial charge is 0.261 e. The van der Waals surface area contributed by atoms with Crippen molar-refractivity contribution in [2.24, 2.45) is 4.99 Å². The van der Waals surface area contributed by atoms with E-state index in [4.69, 9.17) is 0 Å². The van der Waals surface area contributed by atoms with Crippen LogP contribution in [0.2, 0.25) is 0 Å². The minimum Gasteiger partial charge on any atom is -0.335 e. The number of pyridine rings is 1. The summed E-state index contributed by atoms with van der Waals surface area (Å²) in [6.07, 6.45) is 6.65. The molecule has 0 radical (unpaired) electrons. The number of para-hydroxylation sites is 1. The number of benzene rings is 1. The van der Waals surface area contributed by atoms with Crippen molar-refractivity contribution in [3.63, 3.8) is 0 Å². The first kappa shape index (κ1) is 19.9. The maximum Gasteiger partial charge on any atom is 0.261 e. The number of aromatic nitrogens is 2. The van der Waals surface area contributed by atoms with E-state index in [2.05, 4.69) is 15.3 Å². The number of anilines is 1. The van der Waals surface area contributed by atoms with Gasteiger partial charge in [0.15, 0.2) is 5.78 Å². The Morgan fingerprint density at radius 3 is 2.59 bits per heavy atom. The highest BCUT2D eigenvalue weighted by Crippen LogP contribution is 2.39. The lowest BCUT2D eigenvalue weighted by Crippen LogP contribution is -2.28. The van der Waals surface area contributed by atoms with Gasteiger partial charge in [0.2, 0.25) is 0 Å². The average Bonchev–Trinajstić information content (AvgIpc) is 3.33. The van der Waals surface area contributed by atoms with Crippen molar-refractivity contribution in [2.45, 2.75) is 13.0 Å². The SMILES string of the molecule is CC1C(=O)c2cccc3c2N1C=CN=C3C1=C(c2cnc3ccccn23)C(=O)NC1=O.Cl. The predicted molar refractivity (Wildman–Crippen MR) is 121 cm³/mol. The lowest BCUT2D eigenvalue weighted by molar-refractivity contribution is -0.123. The number of amides is 2. The van der Waals surface area contributed by atoms with E-state index in [0.717, 1.165) is 0 Å². The monoisotopic (exact) mass is 445 g/mol. The van der Waals surface area contributed by atoms with Gasteiger partial charge in [-0.1, -0.05) is 18.2 Å². The summed E-state index contributed by atoms with van der Waals surface area (Å²) in [7, 11) is 0. The molecule has 8 nitrogen and oxygen atoms in total. The minimum atomic E-state index is -0.526. The van der Waals surface area contributed by atoms with Gasteiger partial charge in [-0.3, -0.25) is 29.1 Å². The maximum atomic E-state index is 13.0. The summed E-state index contributed by atoms with van der Waals surface area (Å²) in [5.74, 6) is -1.03. The van der Waals surface area contributed by atoms with Crippen LogP contribution in [-0.2, 0) is 9.59 Å². The molecule has 0 saturated heterocycles. The molecule has 2 amide bonds. The molecule has 0 fully saturated rings. The van der Waals surface area contributed by atoms with Gasteiger partial charge in [-0.25, -0.2) is 4.98 Å². The molecule has 32 heavy (non-hydrogen) atoms. The Bertz CT molecular complexity index is 1450. The Labute approximate surface area is 188 Å². The molecule has 9 heteroatoms. The zero-order chi connectivity index (χ0) is 21.3. The van der Waals surface area contributed by atoms with Crippen LogP contribution in [0, 0.1) is 0 Å². The number of carbonyl (C=O) groups is 3. The third-order valence-corrected chi connectivity index (χ3v) is 5.88. The molecule has 1 N–H and O–H groups in total. The van der Waals surface area contributed by atoms with Crippen LogP contribution in [0.5, 0.6) is 0 Å². The highest BCUT2D eigenvalue weighted by atomic mass is 35.5. The standard InChI is InChI=1S/C23H15N5O3.ClH/c1-12-21(29)14-6-4-5-13-19(24-8-10-27(12)20(13)14)18-17(22(30)26-23(18)31)15-11-25-16-7-2-3-9-28(15)16;/h2-12H,1H3,(H,26,30,31);1H. The molecule has 6 rings (SSSR count). The Hall–Kier alpha value is -4.04. The molecule has 3 aliphatic heterocycles. The van der Waals surface area contributed by atoms with Crippen LogP contribution in [0.4, 0.5) is 5.69 Å². The zero-order valence-electron chi connectivity index (χ0n) is 16.8. The summed E-state index contributed by atoms with van der Waals surface area (Å²) < 4.78 is 1.76. The van der Waals surface area contributed by atoms with Gasteiger partial charge in [0.05, 0.1) is 40.5 Å². The van der Waals surface area contributed by atoms with Gasteiger partial charge < -0.3 is 4.90 Å². The maximum absolute atomic E-state index is 13.0. The van der Waals surface area contributed by atoms with Crippen molar-refractivity contribution in [1.82, 2.24) is 14.7 Å². The number of Topliss-reactive ketones (excluding diaryl/α,β-unsaturated/α-hetero) is 1. The number of nitrogens with one attached hydrogen (secondary N) is 1. The van der Waals surface area contributed by atoms with Crippen LogP contribution in [0.1, 0.15) is 28.5 Å². The zero-order valence-corrected chi connectivity index (χ0v) is 17.6. The minimum absolute atomic E-state index is 0. The molecule has 3 aliphatic rings. The highest BCUT2D eigenvalue weighted by molar-refractivity contribution is 6.48. The van der Waals surface area contributed by atoms with E-state index in [9.17, 15) is 14.4 Å². The Morgan fingerprint density at radius 1 is 0.969 bits per heavy atom. The van der Waals surface area contributed by atoms with E-state index in [1.165, 1.54) is 0 Å². The van der Waals surface area contributed by atoms with Crippen LogP contribution < -0.4 is 10.2 Å². The first-order valence-corrected chi connectivity index (χ1v) is 9.79. The second kappa shape index (κ2) is 7.00. The van der Waals surface area contributed by atoms with E-state index < -0.39 is 11.8 Å². The third-order valence-electron chi connectivity index (χ3n) is 5.88. The molecule has 1 unspecified atom stereocenters. The normalized spacial score (nSPS) is 19.2. The van der Waals surface area contributed by atoms with Crippen LogP contribution in [-0.4, -0.2) is 38.7 Å². The van der Waals surface area contributed by atoms with Crippen molar-refractivity contribution in [3.05, 3.63) is 83.6 Å². The van der Waals surface area contributed by atoms with Gasteiger partial charge in [-0.2, -0.15) is 0 Å². The molecule has 5 heterocycles. The van der Waals surface area contributed by atoms with Crippen molar-refractivity contribution in [2.75, 3.05) is 4.90 Å². The molecule has 3 aromatic rings. The molecule has 158 valence electrons. The number of hydrogen-bond donors (Lipinski definition) is 1. The molecule has 0 spiro atoms. The number of ketones is 1. The lowest BCUT2D eigenvalue weighted by Gasteiger charge is -2.20. The largest absolute Gasteiger partial charge is 0.335 e. The average molecular weight is 446 g/mol. The summed E-state index contributed by atoms with van der Waals surface area (Å²) in [6, 6.07) is 10.5. The van der Waals surface area contributed by atoms with Gasteiger partial charge in [-0.15, -0.1) is 12.4 Å². The van der Waals surface area contributed by atoms with E-state index in [1.54, 1.807) is 41.3 Å². The molecule has 2 aromatic heterocycles. The summed E-state index contributed by atoms with van der Waals surface area (Å²) >= 11 is 0. The number of fused-ring (bicyclic) bond motifs is 1. The number of imide groups is 1. The number of carbonyl (C=O) groups excluding carboxylic acids is 3. The van der Waals surface area contributed by atoms with Gasteiger partial charge in [0.25, 0.3) is 11.8 Å². The number of imidazole rings is 1. The highest BCUT2D eigenvalue weighted by Gasteiger charge is 2.41. The first-order chi connectivity index (χ1) is 15.1. The summed E-state index contributed by atoms with van der Waals surface area (Å²) in [5.41, 5.74) is 3.79. The third kappa shape index (κ3) is 2.53. The molecular formula is C23H16ClN5O3. The number of nitrogens with zero attached hydrogens (tertiary/aromatic N) is 4. The second-order valence-electron chi connectivity index (χ2n) is 7.53. The number of rotatable bonds is 2. The second-order valence-corrected chi connectivity index (χ2v) is 7.53. The Morgan fingerprint density at radius 2 is 1.75 bits per heavy atom. The molecule has 0 aliphatic carbocycles.